The van der Waals surface area contributed by atoms with E-state index in [1.807, 2.05) is 66.1 Å². The van der Waals surface area contributed by atoms with Crippen LogP contribution < -0.4 is 10.6 Å². The molecule has 0 spiro atoms. The number of nitrogens with one attached hydrogen (secondary N) is 2. The van der Waals surface area contributed by atoms with Gasteiger partial charge in [0.2, 0.25) is 5.95 Å². The van der Waals surface area contributed by atoms with Gasteiger partial charge in [-0.1, -0.05) is 30.3 Å². The molecular weight excluding hydrogens is 264 g/mol. The van der Waals surface area contributed by atoms with Crippen LogP contribution in [0.4, 0.5) is 16.4 Å². The van der Waals surface area contributed by atoms with Gasteiger partial charge in [-0.05, 0) is 31.2 Å². The van der Waals surface area contributed by atoms with Gasteiger partial charge in [0.05, 0.1) is 11.0 Å². The molecular formula is C16H16N4O. The van der Waals surface area contributed by atoms with Gasteiger partial charge in [0.25, 0.3) is 0 Å². The number of benzene rings is 2. The van der Waals surface area contributed by atoms with Gasteiger partial charge in [-0.3, -0.25) is 5.32 Å². The second kappa shape index (κ2) is 5.66. The number of amides is 2. The number of anilines is 2. The molecule has 2 aromatic carbocycles. The lowest BCUT2D eigenvalue weighted by atomic mass is 10.3. The predicted octanol–water partition coefficient (Wildman–Crippen LogP) is 3.70. The Morgan fingerprint density at radius 2 is 1.76 bits per heavy atom. The standard InChI is InChI=1S/C16H16N4O/c1-2-20-14-11-7-6-10-13(14)18-15(20)19-16(21)17-12-8-4-3-5-9-12/h3-11H,2H2,1H3,(H2,17,18,19,21). The molecule has 106 valence electrons. The first-order valence-corrected chi connectivity index (χ1v) is 6.86. The average Bonchev–Trinajstić information content (AvgIpc) is 2.85. The zero-order valence-electron chi connectivity index (χ0n) is 11.7. The summed E-state index contributed by atoms with van der Waals surface area (Å²) in [6, 6.07) is 16.8. The second-order valence-electron chi connectivity index (χ2n) is 4.61. The summed E-state index contributed by atoms with van der Waals surface area (Å²) in [5.41, 5.74) is 2.62. The van der Waals surface area contributed by atoms with Gasteiger partial charge in [0.15, 0.2) is 0 Å². The molecule has 0 saturated carbocycles. The second-order valence-corrected chi connectivity index (χ2v) is 4.61. The Bertz CT molecular complexity index is 764. The normalized spacial score (nSPS) is 10.5. The van der Waals surface area contributed by atoms with E-state index < -0.39 is 0 Å². The number of aromatic nitrogens is 2. The highest BCUT2D eigenvalue weighted by Gasteiger charge is 2.11. The maximum absolute atomic E-state index is 12.1. The lowest BCUT2D eigenvalue weighted by Gasteiger charge is -2.08. The quantitative estimate of drug-likeness (QED) is 0.768. The van der Waals surface area contributed by atoms with Crippen LogP contribution >= 0.6 is 0 Å². The molecule has 0 saturated heterocycles. The van der Waals surface area contributed by atoms with Gasteiger partial charge in [0, 0.05) is 12.2 Å². The minimum atomic E-state index is -0.300. The minimum Gasteiger partial charge on any atom is -0.310 e. The summed E-state index contributed by atoms with van der Waals surface area (Å²) in [7, 11) is 0. The lowest BCUT2D eigenvalue weighted by Crippen LogP contribution is -2.21. The van der Waals surface area contributed by atoms with Gasteiger partial charge in [-0.25, -0.2) is 9.78 Å². The van der Waals surface area contributed by atoms with Gasteiger partial charge in [0.1, 0.15) is 0 Å². The van der Waals surface area contributed by atoms with Crippen molar-refractivity contribution in [2.45, 2.75) is 13.5 Å². The lowest BCUT2D eigenvalue weighted by molar-refractivity contribution is 0.262. The summed E-state index contributed by atoms with van der Waals surface area (Å²) in [5, 5.41) is 5.58. The van der Waals surface area contributed by atoms with Crippen LogP contribution in [0.3, 0.4) is 0 Å². The number of nitrogens with zero attached hydrogens (tertiary/aromatic N) is 2. The Balaban J connectivity index is 1.83. The van der Waals surface area contributed by atoms with E-state index in [-0.39, 0.29) is 6.03 Å². The van der Waals surface area contributed by atoms with Crippen LogP contribution in [0.25, 0.3) is 11.0 Å². The number of aryl methyl sites for hydroxylation is 1. The number of rotatable bonds is 3. The Hall–Kier alpha value is -2.82. The molecule has 2 amide bonds. The van der Waals surface area contributed by atoms with E-state index in [0.717, 1.165) is 23.3 Å². The molecule has 1 heterocycles. The van der Waals surface area contributed by atoms with Crippen LogP contribution in [0.15, 0.2) is 54.6 Å². The van der Waals surface area contributed by atoms with E-state index in [1.165, 1.54) is 0 Å². The predicted molar refractivity (Wildman–Crippen MR) is 84.5 cm³/mol. The van der Waals surface area contributed by atoms with Crippen molar-refractivity contribution < 1.29 is 4.79 Å². The smallest absolute Gasteiger partial charge is 0.310 e. The minimum absolute atomic E-state index is 0.300. The summed E-state index contributed by atoms with van der Waals surface area (Å²) in [5.74, 6) is 0.548. The fourth-order valence-electron chi connectivity index (χ4n) is 2.28. The van der Waals surface area contributed by atoms with Gasteiger partial charge < -0.3 is 9.88 Å². The molecule has 3 rings (SSSR count). The Morgan fingerprint density at radius 1 is 1.05 bits per heavy atom. The number of carbonyl (C=O) groups excluding carboxylic acids is 1. The van der Waals surface area contributed by atoms with E-state index in [4.69, 9.17) is 0 Å². The van der Waals surface area contributed by atoms with E-state index in [0.29, 0.717) is 5.95 Å². The van der Waals surface area contributed by atoms with Crippen molar-refractivity contribution in [3.05, 3.63) is 54.6 Å². The highest BCUT2D eigenvalue weighted by Crippen LogP contribution is 2.19. The van der Waals surface area contributed by atoms with Gasteiger partial charge >= 0.3 is 6.03 Å². The van der Waals surface area contributed by atoms with Crippen molar-refractivity contribution >= 4 is 28.7 Å². The largest absolute Gasteiger partial charge is 0.326 e. The molecule has 1 aromatic heterocycles. The van der Waals surface area contributed by atoms with Crippen LogP contribution in [-0.2, 0) is 6.54 Å². The molecule has 0 aliphatic heterocycles. The van der Waals surface area contributed by atoms with Crippen LogP contribution in [-0.4, -0.2) is 15.6 Å². The van der Waals surface area contributed by atoms with Crippen molar-refractivity contribution in [3.63, 3.8) is 0 Å². The Kier molecular flexibility index (Phi) is 3.55. The third kappa shape index (κ3) is 2.72. The molecule has 0 radical (unpaired) electrons. The van der Waals surface area contributed by atoms with Crippen LogP contribution in [0.2, 0.25) is 0 Å². The first-order valence-electron chi connectivity index (χ1n) is 6.86. The number of hydrogen-bond acceptors (Lipinski definition) is 2. The Morgan fingerprint density at radius 3 is 2.52 bits per heavy atom. The summed E-state index contributed by atoms with van der Waals surface area (Å²) >= 11 is 0. The molecule has 3 aromatic rings. The number of imidazole rings is 1. The fraction of sp³-hybridized carbons (Fsp3) is 0.125. The molecule has 0 unspecified atom stereocenters. The Labute approximate surface area is 122 Å². The van der Waals surface area contributed by atoms with Crippen molar-refractivity contribution in [3.8, 4) is 0 Å². The van der Waals surface area contributed by atoms with Crippen LogP contribution in [0, 0.1) is 0 Å². The van der Waals surface area contributed by atoms with E-state index in [9.17, 15) is 4.79 Å². The maximum Gasteiger partial charge on any atom is 0.326 e. The first-order chi connectivity index (χ1) is 10.3. The molecule has 0 bridgehead atoms. The number of urea groups is 1. The molecule has 2 N–H and O–H groups in total. The van der Waals surface area contributed by atoms with Crippen molar-refractivity contribution in [2.75, 3.05) is 10.6 Å². The molecule has 5 heteroatoms. The number of para-hydroxylation sites is 3. The van der Waals surface area contributed by atoms with E-state index >= 15 is 0 Å². The van der Waals surface area contributed by atoms with Gasteiger partial charge in [-0.2, -0.15) is 0 Å². The third-order valence-electron chi connectivity index (χ3n) is 3.23. The summed E-state index contributed by atoms with van der Waals surface area (Å²) in [6.07, 6.45) is 0. The number of carbonyl (C=O) groups is 1. The molecule has 0 atom stereocenters. The molecule has 5 nitrogen and oxygen atoms in total. The van der Waals surface area contributed by atoms with Crippen molar-refractivity contribution in [1.29, 1.82) is 0 Å². The van der Waals surface area contributed by atoms with Crippen LogP contribution in [0.5, 0.6) is 0 Å². The molecule has 0 aliphatic carbocycles. The zero-order valence-corrected chi connectivity index (χ0v) is 11.7. The summed E-state index contributed by atoms with van der Waals surface area (Å²) < 4.78 is 1.97. The van der Waals surface area contributed by atoms with E-state index in [2.05, 4.69) is 15.6 Å². The summed E-state index contributed by atoms with van der Waals surface area (Å²) in [6.45, 7) is 2.76. The van der Waals surface area contributed by atoms with Crippen LogP contribution in [0.1, 0.15) is 6.92 Å². The fourth-order valence-corrected chi connectivity index (χ4v) is 2.28. The van der Waals surface area contributed by atoms with Gasteiger partial charge in [-0.15, -0.1) is 0 Å². The van der Waals surface area contributed by atoms with Crippen molar-refractivity contribution in [1.82, 2.24) is 9.55 Å². The van der Waals surface area contributed by atoms with E-state index in [1.54, 1.807) is 0 Å². The summed E-state index contributed by atoms with van der Waals surface area (Å²) in [4.78, 5) is 16.5. The molecule has 21 heavy (non-hydrogen) atoms. The average molecular weight is 280 g/mol. The van der Waals surface area contributed by atoms with Crippen molar-refractivity contribution in [2.24, 2.45) is 0 Å². The SMILES string of the molecule is CCn1c(NC(=O)Nc2ccccc2)nc2ccccc21. The maximum atomic E-state index is 12.1. The highest BCUT2D eigenvalue weighted by molar-refractivity contribution is 5.99. The topological polar surface area (TPSA) is 59.0 Å². The molecule has 0 fully saturated rings. The highest BCUT2D eigenvalue weighted by atomic mass is 16.2. The first kappa shape index (κ1) is 13.2. The number of hydrogen-bond donors (Lipinski definition) is 2. The molecule has 0 aliphatic rings. The number of fused-ring (bicyclic) bond motifs is 1. The monoisotopic (exact) mass is 280 g/mol. The third-order valence-corrected chi connectivity index (χ3v) is 3.23. The zero-order chi connectivity index (χ0) is 14.7.